The standard InChI is InChI=1S/C27H37N3O3/c1-19-11-8-9-13-22(19)27(6,23-20(2)12-10-16-28-23)29(7)24(31)21-14-17-30(18-15-21)25(32)33-26(3,4)5/h8-13,16,21H,14-15,17-18H2,1-7H3. The third-order valence-corrected chi connectivity index (χ3v) is 6.64. The molecule has 1 atom stereocenters. The quantitative estimate of drug-likeness (QED) is 0.651. The fraction of sp³-hybridized carbons (Fsp3) is 0.519. The van der Waals surface area contributed by atoms with Crippen LogP contribution in [0.2, 0.25) is 0 Å². The maximum atomic E-state index is 13.8. The summed E-state index contributed by atoms with van der Waals surface area (Å²) in [6.45, 7) is 12.8. The number of likely N-dealkylation sites (tertiary alicyclic amines) is 1. The van der Waals surface area contributed by atoms with Crippen LogP contribution in [0.4, 0.5) is 4.79 Å². The van der Waals surface area contributed by atoms with Gasteiger partial charge in [-0.05, 0) is 77.1 Å². The first kappa shape index (κ1) is 24.7. The number of pyridine rings is 1. The lowest BCUT2D eigenvalue weighted by Crippen LogP contribution is -2.51. The Balaban J connectivity index is 1.85. The molecule has 6 heteroatoms. The molecular weight excluding hydrogens is 414 g/mol. The van der Waals surface area contributed by atoms with Gasteiger partial charge in [-0.2, -0.15) is 0 Å². The van der Waals surface area contributed by atoms with Gasteiger partial charge in [0, 0.05) is 32.3 Å². The highest BCUT2D eigenvalue weighted by Gasteiger charge is 2.42. The van der Waals surface area contributed by atoms with Gasteiger partial charge in [0.2, 0.25) is 5.91 Å². The van der Waals surface area contributed by atoms with E-state index in [1.165, 1.54) is 0 Å². The molecule has 33 heavy (non-hydrogen) atoms. The van der Waals surface area contributed by atoms with E-state index in [0.29, 0.717) is 25.9 Å². The Morgan fingerprint density at radius 1 is 1.00 bits per heavy atom. The Hall–Kier alpha value is -2.89. The number of nitrogens with zero attached hydrogens (tertiary/aromatic N) is 3. The maximum absolute atomic E-state index is 13.8. The van der Waals surface area contributed by atoms with Gasteiger partial charge in [0.25, 0.3) is 0 Å². The van der Waals surface area contributed by atoms with E-state index >= 15 is 0 Å². The van der Waals surface area contributed by atoms with Crippen LogP contribution in [0.3, 0.4) is 0 Å². The van der Waals surface area contributed by atoms with Crippen molar-refractivity contribution >= 4 is 12.0 Å². The molecule has 1 fully saturated rings. The fourth-order valence-corrected chi connectivity index (χ4v) is 4.71. The Morgan fingerprint density at radius 2 is 1.61 bits per heavy atom. The molecule has 1 saturated heterocycles. The van der Waals surface area contributed by atoms with Gasteiger partial charge in [-0.25, -0.2) is 4.79 Å². The number of amides is 2. The minimum atomic E-state index is -0.712. The highest BCUT2D eigenvalue weighted by molar-refractivity contribution is 5.81. The van der Waals surface area contributed by atoms with Crippen molar-refractivity contribution < 1.29 is 14.3 Å². The third-order valence-electron chi connectivity index (χ3n) is 6.64. The first-order valence-electron chi connectivity index (χ1n) is 11.7. The monoisotopic (exact) mass is 451 g/mol. The van der Waals surface area contributed by atoms with Gasteiger partial charge in [-0.15, -0.1) is 0 Å². The normalized spacial score (nSPS) is 16.8. The van der Waals surface area contributed by atoms with Crippen LogP contribution in [0.5, 0.6) is 0 Å². The molecule has 0 spiro atoms. The summed E-state index contributed by atoms with van der Waals surface area (Å²) in [4.78, 5) is 34.5. The van der Waals surface area contributed by atoms with Gasteiger partial charge < -0.3 is 14.5 Å². The van der Waals surface area contributed by atoms with E-state index in [0.717, 1.165) is 22.4 Å². The average molecular weight is 452 g/mol. The molecule has 2 heterocycles. The fourth-order valence-electron chi connectivity index (χ4n) is 4.71. The largest absolute Gasteiger partial charge is 0.444 e. The summed E-state index contributed by atoms with van der Waals surface area (Å²) < 4.78 is 5.50. The average Bonchev–Trinajstić information content (AvgIpc) is 2.77. The maximum Gasteiger partial charge on any atom is 0.410 e. The Morgan fingerprint density at radius 3 is 2.18 bits per heavy atom. The molecule has 1 aromatic carbocycles. The minimum Gasteiger partial charge on any atom is -0.444 e. The van der Waals surface area contributed by atoms with Crippen LogP contribution in [0.25, 0.3) is 0 Å². The highest BCUT2D eigenvalue weighted by Crippen LogP contribution is 2.38. The Labute approximate surface area is 197 Å². The van der Waals surface area contributed by atoms with E-state index < -0.39 is 11.1 Å². The Bertz CT molecular complexity index is 958. The van der Waals surface area contributed by atoms with Gasteiger partial charge in [0.1, 0.15) is 11.1 Å². The van der Waals surface area contributed by atoms with Gasteiger partial charge in [0.15, 0.2) is 0 Å². The molecule has 0 aliphatic carbocycles. The summed E-state index contributed by atoms with van der Waals surface area (Å²) in [6, 6.07) is 12.1. The molecule has 2 amide bonds. The molecule has 1 aromatic heterocycles. The molecule has 1 unspecified atom stereocenters. The molecule has 2 aromatic rings. The van der Waals surface area contributed by atoms with Gasteiger partial charge >= 0.3 is 6.09 Å². The van der Waals surface area contributed by atoms with Crippen molar-refractivity contribution in [3.8, 4) is 0 Å². The van der Waals surface area contributed by atoms with E-state index in [1.807, 2.05) is 63.9 Å². The number of aryl methyl sites for hydroxylation is 2. The molecular formula is C27H37N3O3. The Kier molecular flexibility index (Phi) is 7.15. The van der Waals surface area contributed by atoms with Crippen molar-refractivity contribution in [1.82, 2.24) is 14.8 Å². The minimum absolute atomic E-state index is 0.0784. The molecule has 0 bridgehead atoms. The predicted molar refractivity (Wildman–Crippen MR) is 130 cm³/mol. The second-order valence-electron chi connectivity index (χ2n) is 10.2. The number of hydrogen-bond donors (Lipinski definition) is 0. The summed E-state index contributed by atoms with van der Waals surface area (Å²) >= 11 is 0. The van der Waals surface area contributed by atoms with Gasteiger partial charge in [-0.3, -0.25) is 9.78 Å². The van der Waals surface area contributed by atoms with Crippen LogP contribution in [0.15, 0.2) is 42.6 Å². The van der Waals surface area contributed by atoms with Crippen LogP contribution in [0, 0.1) is 19.8 Å². The number of rotatable bonds is 4. The van der Waals surface area contributed by atoms with Crippen LogP contribution in [0.1, 0.15) is 62.9 Å². The van der Waals surface area contributed by atoms with Crippen molar-refractivity contribution in [3.63, 3.8) is 0 Å². The number of carbonyl (C=O) groups is 2. The van der Waals surface area contributed by atoms with Crippen molar-refractivity contribution in [2.75, 3.05) is 20.1 Å². The van der Waals surface area contributed by atoms with Crippen molar-refractivity contribution in [2.45, 2.75) is 65.5 Å². The lowest BCUT2D eigenvalue weighted by Gasteiger charge is -2.43. The molecule has 3 rings (SSSR count). The summed E-state index contributed by atoms with van der Waals surface area (Å²) in [7, 11) is 1.88. The summed E-state index contributed by atoms with van der Waals surface area (Å²) in [6.07, 6.45) is 2.72. The summed E-state index contributed by atoms with van der Waals surface area (Å²) in [5, 5.41) is 0. The first-order valence-corrected chi connectivity index (χ1v) is 11.7. The number of piperidine rings is 1. The zero-order valence-electron chi connectivity index (χ0n) is 21.0. The number of carbonyl (C=O) groups excluding carboxylic acids is 2. The molecule has 0 N–H and O–H groups in total. The van der Waals surface area contributed by atoms with Crippen molar-refractivity contribution in [2.24, 2.45) is 5.92 Å². The topological polar surface area (TPSA) is 62.7 Å². The smallest absolute Gasteiger partial charge is 0.410 e. The zero-order valence-corrected chi connectivity index (χ0v) is 21.0. The molecule has 1 aliphatic heterocycles. The second kappa shape index (κ2) is 9.54. The van der Waals surface area contributed by atoms with E-state index in [4.69, 9.17) is 9.72 Å². The van der Waals surface area contributed by atoms with Crippen LogP contribution >= 0.6 is 0 Å². The lowest BCUT2D eigenvalue weighted by molar-refractivity contribution is -0.140. The predicted octanol–water partition coefficient (Wildman–Crippen LogP) is 5.07. The zero-order chi connectivity index (χ0) is 24.4. The summed E-state index contributed by atoms with van der Waals surface area (Å²) in [5.74, 6) is -0.0734. The molecule has 1 aliphatic rings. The summed E-state index contributed by atoms with van der Waals surface area (Å²) in [5.41, 5.74) is 2.86. The number of ether oxygens (including phenoxy) is 1. The van der Waals surface area contributed by atoms with Gasteiger partial charge in [-0.1, -0.05) is 30.3 Å². The van der Waals surface area contributed by atoms with E-state index in [9.17, 15) is 9.59 Å². The number of aromatic nitrogens is 1. The van der Waals surface area contributed by atoms with Crippen molar-refractivity contribution in [1.29, 1.82) is 0 Å². The van der Waals surface area contributed by atoms with E-state index in [2.05, 4.69) is 26.0 Å². The number of hydrogen-bond acceptors (Lipinski definition) is 4. The SMILES string of the molecule is Cc1ccccc1C(C)(c1ncccc1C)N(C)C(=O)C1CCN(C(=O)OC(C)(C)C)CC1. The van der Waals surface area contributed by atoms with Crippen LogP contribution < -0.4 is 0 Å². The van der Waals surface area contributed by atoms with Crippen LogP contribution in [-0.4, -0.2) is 52.5 Å². The van der Waals surface area contributed by atoms with E-state index in [-0.39, 0.29) is 17.9 Å². The molecule has 6 nitrogen and oxygen atoms in total. The highest BCUT2D eigenvalue weighted by atomic mass is 16.6. The van der Waals surface area contributed by atoms with E-state index in [1.54, 1.807) is 11.1 Å². The first-order chi connectivity index (χ1) is 15.4. The number of benzene rings is 1. The second-order valence-corrected chi connectivity index (χ2v) is 10.2. The molecule has 0 radical (unpaired) electrons. The van der Waals surface area contributed by atoms with Crippen LogP contribution in [-0.2, 0) is 15.1 Å². The molecule has 0 saturated carbocycles. The molecule has 178 valence electrons. The van der Waals surface area contributed by atoms with Crippen molar-refractivity contribution in [3.05, 3.63) is 65.0 Å². The lowest BCUT2D eigenvalue weighted by atomic mass is 9.81. The third kappa shape index (κ3) is 5.21. The van der Waals surface area contributed by atoms with Gasteiger partial charge in [0.05, 0.1) is 5.69 Å².